The molecule has 1 N–H and O–H groups in total. The number of carbonyl (C=O) groups is 2. The average Bonchev–Trinajstić information content (AvgIpc) is 2.27. The third-order valence-corrected chi connectivity index (χ3v) is 2.88. The van der Waals surface area contributed by atoms with Crippen LogP contribution >= 0.6 is 15.9 Å². The van der Waals surface area contributed by atoms with Crippen molar-refractivity contribution in [1.82, 2.24) is 4.90 Å². The predicted octanol–water partition coefficient (Wildman–Crippen LogP) is 1.99. The second-order valence-corrected chi connectivity index (χ2v) is 4.35. The van der Waals surface area contributed by atoms with Crippen LogP contribution in [0.3, 0.4) is 0 Å². The van der Waals surface area contributed by atoms with Gasteiger partial charge in [-0.05, 0) is 31.2 Å². The molecule has 1 aromatic rings. The maximum Gasteiger partial charge on any atom is 0.326 e. The van der Waals surface area contributed by atoms with Crippen molar-refractivity contribution in [3.8, 4) is 0 Å². The highest BCUT2D eigenvalue weighted by molar-refractivity contribution is 9.10. The van der Waals surface area contributed by atoms with Crippen molar-refractivity contribution in [3.63, 3.8) is 0 Å². The summed E-state index contributed by atoms with van der Waals surface area (Å²) in [5.41, 5.74) is 0.471. The molecule has 1 rings (SSSR count). The van der Waals surface area contributed by atoms with Crippen LogP contribution in [0.5, 0.6) is 0 Å². The summed E-state index contributed by atoms with van der Waals surface area (Å²) < 4.78 is 0.873. The van der Waals surface area contributed by atoms with Crippen molar-refractivity contribution in [2.45, 2.75) is 13.0 Å². The number of hydrogen-bond acceptors (Lipinski definition) is 2. The van der Waals surface area contributed by atoms with Gasteiger partial charge in [-0.3, -0.25) is 4.79 Å². The summed E-state index contributed by atoms with van der Waals surface area (Å²) in [6, 6.07) is 5.95. The van der Waals surface area contributed by atoms with E-state index in [4.69, 9.17) is 5.11 Å². The molecule has 5 heteroatoms. The molecule has 1 unspecified atom stereocenters. The molecule has 86 valence electrons. The quantitative estimate of drug-likeness (QED) is 0.924. The molecule has 0 spiro atoms. The van der Waals surface area contributed by atoms with Crippen LogP contribution in [0.4, 0.5) is 0 Å². The number of hydrogen-bond donors (Lipinski definition) is 1. The minimum atomic E-state index is -1.02. The van der Waals surface area contributed by atoms with E-state index in [1.807, 2.05) is 0 Å². The number of benzene rings is 1. The summed E-state index contributed by atoms with van der Waals surface area (Å²) in [4.78, 5) is 23.8. The standard InChI is InChI=1S/C11H12BrNO3/c1-7(11(15)16)13(2)10(14)8-3-5-9(12)6-4-8/h3-7H,1-2H3,(H,15,16). The van der Waals surface area contributed by atoms with Gasteiger partial charge in [-0.15, -0.1) is 0 Å². The van der Waals surface area contributed by atoms with Crippen LogP contribution in [0.25, 0.3) is 0 Å². The molecule has 0 aromatic heterocycles. The number of rotatable bonds is 3. The fraction of sp³-hybridized carbons (Fsp3) is 0.273. The number of aliphatic carboxylic acids is 1. The van der Waals surface area contributed by atoms with Gasteiger partial charge in [0, 0.05) is 17.1 Å². The first-order chi connectivity index (χ1) is 7.43. The first-order valence-electron chi connectivity index (χ1n) is 4.69. The van der Waals surface area contributed by atoms with Crippen LogP contribution in [-0.4, -0.2) is 35.0 Å². The third-order valence-electron chi connectivity index (χ3n) is 2.35. The van der Waals surface area contributed by atoms with Crippen LogP contribution in [-0.2, 0) is 4.79 Å². The number of carboxylic acids is 1. The molecule has 1 atom stereocenters. The second-order valence-electron chi connectivity index (χ2n) is 3.44. The van der Waals surface area contributed by atoms with Gasteiger partial charge in [0.2, 0.25) is 0 Å². The smallest absolute Gasteiger partial charge is 0.326 e. The van der Waals surface area contributed by atoms with E-state index in [2.05, 4.69) is 15.9 Å². The van der Waals surface area contributed by atoms with Crippen LogP contribution in [0.15, 0.2) is 28.7 Å². The second kappa shape index (κ2) is 5.12. The summed E-state index contributed by atoms with van der Waals surface area (Å²) >= 11 is 3.26. The largest absolute Gasteiger partial charge is 0.480 e. The molecule has 0 aliphatic rings. The molecule has 0 radical (unpaired) electrons. The van der Waals surface area contributed by atoms with Crippen LogP contribution in [0, 0.1) is 0 Å². The molecule has 1 aromatic carbocycles. The van der Waals surface area contributed by atoms with Crippen molar-refractivity contribution in [2.24, 2.45) is 0 Å². The van der Waals surface area contributed by atoms with Crippen molar-refractivity contribution in [3.05, 3.63) is 34.3 Å². The highest BCUT2D eigenvalue weighted by atomic mass is 79.9. The molecule has 0 fully saturated rings. The number of nitrogens with zero attached hydrogens (tertiary/aromatic N) is 1. The van der Waals surface area contributed by atoms with Gasteiger partial charge in [0.25, 0.3) is 5.91 Å². The van der Waals surface area contributed by atoms with Gasteiger partial charge in [-0.25, -0.2) is 4.79 Å². The molecule has 4 nitrogen and oxygen atoms in total. The highest BCUT2D eigenvalue weighted by Crippen LogP contribution is 2.12. The SMILES string of the molecule is CC(C(=O)O)N(C)C(=O)c1ccc(Br)cc1. The van der Waals surface area contributed by atoms with Crippen molar-refractivity contribution < 1.29 is 14.7 Å². The van der Waals surface area contributed by atoms with E-state index >= 15 is 0 Å². The van der Waals surface area contributed by atoms with Crippen LogP contribution < -0.4 is 0 Å². The highest BCUT2D eigenvalue weighted by Gasteiger charge is 2.22. The Morgan fingerprint density at radius 2 is 1.81 bits per heavy atom. The van der Waals surface area contributed by atoms with E-state index in [0.29, 0.717) is 5.56 Å². The number of amides is 1. The van der Waals surface area contributed by atoms with Crippen molar-refractivity contribution in [2.75, 3.05) is 7.05 Å². The Balaban J connectivity index is 2.86. The lowest BCUT2D eigenvalue weighted by atomic mass is 10.2. The molecule has 0 aliphatic carbocycles. The minimum absolute atomic E-state index is 0.303. The van der Waals surface area contributed by atoms with Gasteiger partial charge in [0.05, 0.1) is 0 Å². The van der Waals surface area contributed by atoms with Crippen LogP contribution in [0.1, 0.15) is 17.3 Å². The monoisotopic (exact) mass is 285 g/mol. The maximum absolute atomic E-state index is 11.8. The Hall–Kier alpha value is -1.36. The molecule has 0 saturated carbocycles. The number of carboxylic acid groups (broad SMARTS) is 1. The van der Waals surface area contributed by atoms with E-state index in [1.165, 1.54) is 18.9 Å². The lowest BCUT2D eigenvalue weighted by molar-refractivity contribution is -0.141. The zero-order valence-electron chi connectivity index (χ0n) is 8.98. The van der Waals surface area contributed by atoms with E-state index in [1.54, 1.807) is 24.3 Å². The van der Waals surface area contributed by atoms with Gasteiger partial charge in [0.1, 0.15) is 6.04 Å². The van der Waals surface area contributed by atoms with E-state index in [0.717, 1.165) is 4.47 Å². The number of halogens is 1. The zero-order chi connectivity index (χ0) is 12.3. The predicted molar refractivity (Wildman–Crippen MR) is 63.3 cm³/mol. The molecule has 0 aliphatic heterocycles. The lowest BCUT2D eigenvalue weighted by Gasteiger charge is -2.21. The summed E-state index contributed by atoms with van der Waals surface area (Å²) in [6.45, 7) is 1.47. The molecule has 1 amide bonds. The van der Waals surface area contributed by atoms with Crippen molar-refractivity contribution in [1.29, 1.82) is 0 Å². The Kier molecular flexibility index (Phi) is 4.06. The molecular weight excluding hydrogens is 274 g/mol. The van der Waals surface area contributed by atoms with Crippen LogP contribution in [0.2, 0.25) is 0 Å². The zero-order valence-corrected chi connectivity index (χ0v) is 10.6. The summed E-state index contributed by atoms with van der Waals surface area (Å²) in [6.07, 6.45) is 0. The van der Waals surface area contributed by atoms with Gasteiger partial charge in [0.15, 0.2) is 0 Å². The summed E-state index contributed by atoms with van der Waals surface area (Å²) in [5.74, 6) is -1.32. The Bertz CT molecular complexity index is 402. The normalized spacial score (nSPS) is 11.9. The molecular formula is C11H12BrNO3. The number of likely N-dealkylation sites (N-methyl/N-ethyl adjacent to an activating group) is 1. The Labute approximate surface area is 102 Å². The van der Waals surface area contributed by atoms with Gasteiger partial charge in [-0.2, -0.15) is 0 Å². The molecule has 0 heterocycles. The lowest BCUT2D eigenvalue weighted by Crippen LogP contribution is -2.40. The minimum Gasteiger partial charge on any atom is -0.480 e. The molecule has 0 saturated heterocycles. The first-order valence-corrected chi connectivity index (χ1v) is 5.48. The Morgan fingerprint density at radius 1 is 1.31 bits per heavy atom. The van der Waals surface area contributed by atoms with Gasteiger partial charge < -0.3 is 10.0 Å². The van der Waals surface area contributed by atoms with Crippen molar-refractivity contribution >= 4 is 27.8 Å². The molecule has 16 heavy (non-hydrogen) atoms. The summed E-state index contributed by atoms with van der Waals surface area (Å²) in [7, 11) is 1.48. The van der Waals surface area contributed by atoms with Gasteiger partial charge >= 0.3 is 5.97 Å². The van der Waals surface area contributed by atoms with E-state index < -0.39 is 12.0 Å². The third kappa shape index (κ3) is 2.82. The number of carbonyl (C=O) groups excluding carboxylic acids is 1. The maximum atomic E-state index is 11.8. The average molecular weight is 286 g/mol. The summed E-state index contributed by atoms with van der Waals surface area (Å²) in [5, 5.41) is 8.79. The topological polar surface area (TPSA) is 57.6 Å². The molecule has 0 bridgehead atoms. The van der Waals surface area contributed by atoms with E-state index in [9.17, 15) is 9.59 Å². The Morgan fingerprint density at radius 3 is 2.25 bits per heavy atom. The van der Waals surface area contributed by atoms with Gasteiger partial charge in [-0.1, -0.05) is 15.9 Å². The first kappa shape index (κ1) is 12.7. The fourth-order valence-electron chi connectivity index (χ4n) is 1.14. The fourth-order valence-corrected chi connectivity index (χ4v) is 1.40. The van der Waals surface area contributed by atoms with E-state index in [-0.39, 0.29) is 5.91 Å².